The van der Waals surface area contributed by atoms with Crippen molar-refractivity contribution < 1.29 is 28.3 Å². The molecule has 0 bridgehead atoms. The number of halogens is 2. The van der Waals surface area contributed by atoms with Crippen LogP contribution in [-0.4, -0.2) is 39.9 Å². The Kier molecular flexibility index (Phi) is 6.14. The molecule has 9 nitrogen and oxygen atoms in total. The van der Waals surface area contributed by atoms with Crippen LogP contribution in [0.15, 0.2) is 41.3 Å². The number of benzene rings is 1. The molecule has 0 radical (unpaired) electrons. The summed E-state index contributed by atoms with van der Waals surface area (Å²) in [6.07, 6.45) is 1.33. The van der Waals surface area contributed by atoms with Crippen molar-refractivity contribution >= 4 is 28.6 Å². The monoisotopic (exact) mass is 432 g/mol. The summed E-state index contributed by atoms with van der Waals surface area (Å²) in [6, 6.07) is 4.88. The number of carbonyl (C=O) groups is 2. The molecular weight excluding hydrogens is 414 g/mol. The van der Waals surface area contributed by atoms with Gasteiger partial charge in [0.15, 0.2) is 5.65 Å². The van der Waals surface area contributed by atoms with Crippen molar-refractivity contribution in [3.8, 4) is 0 Å². The van der Waals surface area contributed by atoms with E-state index in [1.54, 1.807) is 0 Å². The van der Waals surface area contributed by atoms with Crippen molar-refractivity contribution in [2.24, 2.45) is 0 Å². The Morgan fingerprint density at radius 2 is 2.03 bits per heavy atom. The summed E-state index contributed by atoms with van der Waals surface area (Å²) < 4.78 is 31.8. The number of rotatable bonds is 6. The second kappa shape index (κ2) is 8.78. The Balaban J connectivity index is 2.06. The molecule has 31 heavy (non-hydrogen) atoms. The molecule has 0 aliphatic heterocycles. The van der Waals surface area contributed by atoms with E-state index in [2.05, 4.69) is 20.4 Å². The molecule has 0 fully saturated rings. The van der Waals surface area contributed by atoms with Gasteiger partial charge in [-0.05, 0) is 25.1 Å². The van der Waals surface area contributed by atoms with E-state index in [9.17, 15) is 28.4 Å². The lowest BCUT2D eigenvalue weighted by Gasteiger charge is -2.18. The number of methoxy groups -OCH3 is 1. The minimum absolute atomic E-state index is 0.0148. The zero-order valence-electron chi connectivity index (χ0n) is 16.5. The molecular formula is C20H18F2N4O5. The molecule has 11 heteroatoms. The highest BCUT2D eigenvalue weighted by atomic mass is 19.1. The van der Waals surface area contributed by atoms with Crippen molar-refractivity contribution in [3.63, 3.8) is 0 Å². The van der Waals surface area contributed by atoms with Gasteiger partial charge in [0.1, 0.15) is 23.2 Å². The molecule has 1 amide bonds. The zero-order valence-corrected chi connectivity index (χ0v) is 16.5. The number of anilines is 1. The van der Waals surface area contributed by atoms with E-state index in [-0.39, 0.29) is 33.6 Å². The van der Waals surface area contributed by atoms with Crippen LogP contribution >= 0.6 is 0 Å². The summed E-state index contributed by atoms with van der Waals surface area (Å²) >= 11 is 0. The number of esters is 1. The number of hydrogen-bond acceptors (Lipinski definition) is 7. The van der Waals surface area contributed by atoms with Gasteiger partial charge in [-0.25, -0.2) is 18.6 Å². The number of pyridine rings is 2. The Bertz CT molecular complexity index is 1230. The molecule has 2 aromatic heterocycles. The summed E-state index contributed by atoms with van der Waals surface area (Å²) in [7, 11) is 1.18. The van der Waals surface area contributed by atoms with Crippen LogP contribution in [0.25, 0.3) is 11.0 Å². The first kappa shape index (κ1) is 21.7. The van der Waals surface area contributed by atoms with Gasteiger partial charge in [0, 0.05) is 29.8 Å². The standard InChI is InChI=1S/C20H18F2N4O5/c1-10(20(29)31-2)25-16-13-4-3-7-23-17(13)26(30)19(28)15(16)18(27)24-9-11-5-6-12(21)8-14(11)22/h3-8,10,25,30H,9H2,1-2H3,(H,24,27). The number of ether oxygens (including phenoxy) is 1. The number of carbonyl (C=O) groups excluding carboxylic acids is 2. The molecule has 0 saturated heterocycles. The van der Waals surface area contributed by atoms with E-state index < -0.39 is 40.7 Å². The summed E-state index contributed by atoms with van der Waals surface area (Å²) in [6.45, 7) is 1.10. The minimum atomic E-state index is -1.11. The Labute approximate surface area is 174 Å². The topological polar surface area (TPSA) is 123 Å². The molecule has 0 saturated carbocycles. The lowest BCUT2D eigenvalue weighted by molar-refractivity contribution is -0.141. The van der Waals surface area contributed by atoms with Crippen LogP contribution in [0, 0.1) is 11.6 Å². The predicted octanol–water partition coefficient (Wildman–Crippen LogP) is 1.82. The third-order valence-corrected chi connectivity index (χ3v) is 4.51. The second-order valence-corrected chi connectivity index (χ2v) is 6.55. The molecule has 0 spiro atoms. The van der Waals surface area contributed by atoms with Crippen molar-refractivity contribution in [2.75, 3.05) is 12.4 Å². The van der Waals surface area contributed by atoms with Crippen LogP contribution in [0.4, 0.5) is 14.5 Å². The molecule has 1 atom stereocenters. The maximum absolute atomic E-state index is 13.9. The zero-order chi connectivity index (χ0) is 22.7. The molecule has 162 valence electrons. The molecule has 0 aliphatic rings. The highest BCUT2D eigenvalue weighted by molar-refractivity contribution is 6.07. The van der Waals surface area contributed by atoms with Crippen LogP contribution in [0.2, 0.25) is 0 Å². The molecule has 1 aromatic carbocycles. The number of nitrogens with one attached hydrogen (secondary N) is 2. The fraction of sp³-hybridized carbons (Fsp3) is 0.200. The van der Waals surface area contributed by atoms with Crippen LogP contribution < -0.4 is 16.2 Å². The Morgan fingerprint density at radius 3 is 2.71 bits per heavy atom. The van der Waals surface area contributed by atoms with Crippen molar-refractivity contribution in [2.45, 2.75) is 19.5 Å². The molecule has 3 N–H and O–H groups in total. The van der Waals surface area contributed by atoms with Gasteiger partial charge in [0.05, 0.1) is 12.8 Å². The highest BCUT2D eigenvalue weighted by Gasteiger charge is 2.26. The summed E-state index contributed by atoms with van der Waals surface area (Å²) in [4.78, 5) is 41.4. The number of hydrogen-bond donors (Lipinski definition) is 3. The number of fused-ring (bicyclic) bond motifs is 1. The van der Waals surface area contributed by atoms with E-state index >= 15 is 0 Å². The molecule has 0 aliphatic carbocycles. The van der Waals surface area contributed by atoms with Gasteiger partial charge in [-0.1, -0.05) is 6.07 Å². The van der Waals surface area contributed by atoms with Gasteiger partial charge in [0.25, 0.3) is 11.5 Å². The van der Waals surface area contributed by atoms with E-state index in [1.807, 2.05) is 0 Å². The maximum Gasteiger partial charge on any atom is 0.327 e. The average molecular weight is 432 g/mol. The third kappa shape index (κ3) is 4.29. The van der Waals surface area contributed by atoms with Crippen LogP contribution in [0.1, 0.15) is 22.8 Å². The molecule has 3 rings (SSSR count). The van der Waals surface area contributed by atoms with Crippen molar-refractivity contribution in [1.82, 2.24) is 15.0 Å². The van der Waals surface area contributed by atoms with Gasteiger partial charge >= 0.3 is 5.97 Å². The van der Waals surface area contributed by atoms with Gasteiger partial charge in [-0.3, -0.25) is 9.59 Å². The lowest BCUT2D eigenvalue weighted by atomic mass is 10.1. The van der Waals surface area contributed by atoms with Crippen molar-refractivity contribution in [1.29, 1.82) is 0 Å². The normalized spacial score (nSPS) is 11.7. The van der Waals surface area contributed by atoms with E-state index in [4.69, 9.17) is 0 Å². The number of aromatic nitrogens is 2. The fourth-order valence-corrected chi connectivity index (χ4v) is 2.95. The van der Waals surface area contributed by atoms with Crippen LogP contribution in [0.5, 0.6) is 0 Å². The first-order chi connectivity index (χ1) is 14.7. The molecule has 3 aromatic rings. The first-order valence-corrected chi connectivity index (χ1v) is 9.04. The van der Waals surface area contributed by atoms with Gasteiger partial charge < -0.3 is 20.6 Å². The fourth-order valence-electron chi connectivity index (χ4n) is 2.95. The van der Waals surface area contributed by atoms with Crippen LogP contribution in [-0.2, 0) is 16.1 Å². The van der Waals surface area contributed by atoms with Gasteiger partial charge in [-0.2, -0.15) is 0 Å². The molecule has 1 unspecified atom stereocenters. The smallest absolute Gasteiger partial charge is 0.327 e. The number of nitrogens with zero attached hydrogens (tertiary/aromatic N) is 2. The van der Waals surface area contributed by atoms with Gasteiger partial charge in [0.2, 0.25) is 0 Å². The average Bonchev–Trinajstić information content (AvgIpc) is 2.76. The quantitative estimate of drug-likeness (QED) is 0.401. The summed E-state index contributed by atoms with van der Waals surface area (Å²) in [5, 5.41) is 15.5. The highest BCUT2D eigenvalue weighted by Crippen LogP contribution is 2.24. The van der Waals surface area contributed by atoms with Crippen LogP contribution in [0.3, 0.4) is 0 Å². The minimum Gasteiger partial charge on any atom is -0.467 e. The SMILES string of the molecule is COC(=O)C(C)Nc1c(C(=O)NCc2ccc(F)cc2F)c(=O)n(O)c2ncccc12. The van der Waals surface area contributed by atoms with Crippen molar-refractivity contribution in [3.05, 3.63) is 69.6 Å². The number of amides is 1. The molecule has 2 heterocycles. The van der Waals surface area contributed by atoms with E-state index in [0.29, 0.717) is 6.07 Å². The Hall–Kier alpha value is -4.02. The third-order valence-electron chi connectivity index (χ3n) is 4.51. The van der Waals surface area contributed by atoms with E-state index in [0.717, 1.165) is 12.1 Å². The first-order valence-electron chi connectivity index (χ1n) is 9.04. The largest absolute Gasteiger partial charge is 0.467 e. The predicted molar refractivity (Wildman–Crippen MR) is 106 cm³/mol. The summed E-state index contributed by atoms with van der Waals surface area (Å²) in [5.74, 6) is -3.27. The van der Waals surface area contributed by atoms with Gasteiger partial charge in [-0.15, -0.1) is 4.73 Å². The Morgan fingerprint density at radius 1 is 1.29 bits per heavy atom. The lowest BCUT2D eigenvalue weighted by Crippen LogP contribution is -2.36. The van der Waals surface area contributed by atoms with E-state index in [1.165, 1.54) is 32.4 Å². The second-order valence-electron chi connectivity index (χ2n) is 6.55. The maximum atomic E-state index is 13.9. The summed E-state index contributed by atoms with van der Waals surface area (Å²) in [5.41, 5.74) is -1.86.